The average molecular weight is 445 g/mol. The van der Waals surface area contributed by atoms with Crippen LogP contribution in [0, 0.1) is 11.6 Å². The Labute approximate surface area is 179 Å². The number of amides is 4. The van der Waals surface area contributed by atoms with Crippen LogP contribution in [0.4, 0.5) is 13.6 Å². The number of imidazole rings is 1. The summed E-state index contributed by atoms with van der Waals surface area (Å²) in [5, 5.41) is 3.60. The predicted molar refractivity (Wildman–Crippen MR) is 109 cm³/mol. The summed E-state index contributed by atoms with van der Waals surface area (Å²) in [7, 11) is 0. The van der Waals surface area contributed by atoms with E-state index in [2.05, 4.69) is 20.7 Å². The van der Waals surface area contributed by atoms with Crippen molar-refractivity contribution in [2.24, 2.45) is 0 Å². The van der Waals surface area contributed by atoms with Gasteiger partial charge in [-0.2, -0.15) is 5.01 Å². The van der Waals surface area contributed by atoms with Crippen molar-refractivity contribution in [3.8, 4) is 0 Å². The lowest BCUT2D eigenvalue weighted by Gasteiger charge is -2.25. The third kappa shape index (κ3) is 3.72. The first-order valence-electron chi connectivity index (χ1n) is 9.33. The second-order valence-electron chi connectivity index (χ2n) is 6.84. The summed E-state index contributed by atoms with van der Waals surface area (Å²) in [6.45, 7) is 1.76. The maximum Gasteiger partial charge on any atom is 0.344 e. The Bertz CT molecular complexity index is 1150. The van der Waals surface area contributed by atoms with Gasteiger partial charge in [-0.15, -0.1) is 0 Å². The minimum absolute atomic E-state index is 0.188. The Morgan fingerprint density at radius 2 is 1.90 bits per heavy atom. The first kappa shape index (κ1) is 20.8. The van der Waals surface area contributed by atoms with Crippen molar-refractivity contribution in [3.05, 3.63) is 59.7 Å². The van der Waals surface area contributed by atoms with Crippen LogP contribution in [0.25, 0.3) is 11.0 Å². The van der Waals surface area contributed by atoms with E-state index in [1.165, 1.54) is 0 Å². The molecule has 0 bridgehead atoms. The number of hydrogen-bond acceptors (Lipinski definition) is 5. The molecule has 160 valence electrons. The highest BCUT2D eigenvalue weighted by molar-refractivity contribution is 7.99. The Morgan fingerprint density at radius 1 is 1.19 bits per heavy atom. The van der Waals surface area contributed by atoms with Crippen LogP contribution in [-0.2, 0) is 15.1 Å². The van der Waals surface area contributed by atoms with Crippen molar-refractivity contribution in [2.45, 2.75) is 24.0 Å². The van der Waals surface area contributed by atoms with E-state index in [4.69, 9.17) is 0 Å². The standard InChI is InChI=1S/C20H17F2N5O3S/c1-2-20(11-6-4-3-5-7-11)17(29)27(19(30)25-20)26-16(28)10-31-18-23-14-8-12(21)13(22)9-15(14)24-18/h3-9H,2,10H2,1H3,(H,23,24)(H,25,30)(H,26,28). The number of aromatic amines is 1. The van der Waals surface area contributed by atoms with Crippen LogP contribution in [0.15, 0.2) is 47.6 Å². The highest BCUT2D eigenvalue weighted by atomic mass is 32.2. The number of imide groups is 1. The van der Waals surface area contributed by atoms with Crippen molar-refractivity contribution >= 4 is 40.6 Å². The summed E-state index contributed by atoms with van der Waals surface area (Å²) >= 11 is 0.961. The lowest BCUT2D eigenvalue weighted by molar-refractivity contribution is -0.138. The number of urea groups is 1. The first-order valence-corrected chi connectivity index (χ1v) is 10.3. The van der Waals surface area contributed by atoms with E-state index < -0.39 is 35.0 Å². The second-order valence-corrected chi connectivity index (χ2v) is 7.81. The molecule has 1 unspecified atom stereocenters. The van der Waals surface area contributed by atoms with Gasteiger partial charge in [0.05, 0.1) is 16.8 Å². The number of carbonyl (C=O) groups excluding carboxylic acids is 3. The number of H-pyrrole nitrogens is 1. The van der Waals surface area contributed by atoms with Crippen molar-refractivity contribution in [1.82, 2.24) is 25.7 Å². The molecule has 1 fully saturated rings. The molecule has 8 nitrogen and oxygen atoms in total. The van der Waals surface area contributed by atoms with E-state index in [1.54, 1.807) is 37.3 Å². The zero-order valence-corrected chi connectivity index (χ0v) is 17.1. The molecule has 2 heterocycles. The first-order chi connectivity index (χ1) is 14.8. The van der Waals surface area contributed by atoms with Crippen LogP contribution in [0.5, 0.6) is 0 Å². The van der Waals surface area contributed by atoms with Gasteiger partial charge >= 0.3 is 6.03 Å². The van der Waals surface area contributed by atoms with Crippen LogP contribution in [-0.4, -0.2) is 38.6 Å². The highest BCUT2D eigenvalue weighted by Gasteiger charge is 2.52. The van der Waals surface area contributed by atoms with Crippen molar-refractivity contribution < 1.29 is 23.2 Å². The van der Waals surface area contributed by atoms with Crippen LogP contribution < -0.4 is 10.7 Å². The summed E-state index contributed by atoms with van der Waals surface area (Å²) in [6.07, 6.45) is 0.300. The van der Waals surface area contributed by atoms with E-state index >= 15 is 0 Å². The zero-order valence-electron chi connectivity index (χ0n) is 16.2. The topological polar surface area (TPSA) is 107 Å². The van der Waals surface area contributed by atoms with Crippen LogP contribution >= 0.6 is 11.8 Å². The maximum absolute atomic E-state index is 13.3. The van der Waals surface area contributed by atoms with E-state index in [0.717, 1.165) is 23.9 Å². The number of benzene rings is 2. The summed E-state index contributed by atoms with van der Waals surface area (Å²) in [5.74, 6) is -3.43. The molecule has 1 saturated heterocycles. The molecule has 4 rings (SSSR count). The Balaban J connectivity index is 1.44. The summed E-state index contributed by atoms with van der Waals surface area (Å²) in [5.41, 5.74) is 2.16. The lowest BCUT2D eigenvalue weighted by atomic mass is 9.87. The number of nitrogens with zero attached hydrogens (tertiary/aromatic N) is 2. The second kappa shape index (κ2) is 7.99. The summed E-state index contributed by atoms with van der Waals surface area (Å²) < 4.78 is 26.6. The molecule has 1 aromatic heterocycles. The van der Waals surface area contributed by atoms with E-state index in [9.17, 15) is 23.2 Å². The van der Waals surface area contributed by atoms with Crippen molar-refractivity contribution in [2.75, 3.05) is 5.75 Å². The van der Waals surface area contributed by atoms with Gasteiger partial charge in [-0.05, 0) is 12.0 Å². The molecule has 2 aromatic carbocycles. The van der Waals surface area contributed by atoms with Crippen LogP contribution in [0.2, 0.25) is 0 Å². The van der Waals surface area contributed by atoms with E-state index in [1.807, 2.05) is 0 Å². The number of hydrogen-bond donors (Lipinski definition) is 3. The molecule has 4 amide bonds. The molecule has 0 radical (unpaired) electrons. The molecular formula is C20H17F2N5O3S. The van der Waals surface area contributed by atoms with Crippen LogP contribution in [0.1, 0.15) is 18.9 Å². The number of halogens is 2. The van der Waals surface area contributed by atoms with E-state index in [-0.39, 0.29) is 21.9 Å². The molecule has 1 atom stereocenters. The summed E-state index contributed by atoms with van der Waals surface area (Å²) in [4.78, 5) is 44.6. The zero-order chi connectivity index (χ0) is 22.2. The highest BCUT2D eigenvalue weighted by Crippen LogP contribution is 2.31. The SMILES string of the molecule is CCC1(c2ccccc2)NC(=O)N(NC(=O)CSc2nc3cc(F)c(F)cc3[nH]2)C1=O. The minimum atomic E-state index is -1.26. The maximum atomic E-state index is 13.3. The molecule has 0 spiro atoms. The normalized spacial score (nSPS) is 18.5. The molecule has 1 aliphatic rings. The monoisotopic (exact) mass is 445 g/mol. The molecule has 3 aromatic rings. The fourth-order valence-electron chi connectivity index (χ4n) is 3.38. The molecule has 31 heavy (non-hydrogen) atoms. The lowest BCUT2D eigenvalue weighted by Crippen LogP contribution is -2.49. The number of carbonyl (C=O) groups is 3. The van der Waals surface area contributed by atoms with Gasteiger partial charge in [0.1, 0.15) is 5.54 Å². The smallest absolute Gasteiger partial charge is 0.333 e. The van der Waals surface area contributed by atoms with E-state index in [0.29, 0.717) is 17.0 Å². The number of nitrogens with one attached hydrogen (secondary N) is 3. The number of rotatable bonds is 6. The number of aromatic nitrogens is 2. The Morgan fingerprint density at radius 3 is 2.61 bits per heavy atom. The fraction of sp³-hybridized carbons (Fsp3) is 0.200. The average Bonchev–Trinajstić information content (AvgIpc) is 3.26. The van der Waals surface area contributed by atoms with Gasteiger partial charge in [0.15, 0.2) is 16.8 Å². The van der Waals surface area contributed by atoms with Gasteiger partial charge in [-0.1, -0.05) is 49.0 Å². The molecule has 1 aliphatic heterocycles. The number of hydrazine groups is 1. The number of thioether (sulfide) groups is 1. The van der Waals surface area contributed by atoms with Gasteiger partial charge in [0.25, 0.3) is 5.91 Å². The quantitative estimate of drug-likeness (QED) is 0.400. The van der Waals surface area contributed by atoms with Gasteiger partial charge in [0.2, 0.25) is 5.91 Å². The predicted octanol–water partition coefficient (Wildman–Crippen LogP) is 2.82. The van der Waals surface area contributed by atoms with Crippen molar-refractivity contribution in [3.63, 3.8) is 0 Å². The minimum Gasteiger partial charge on any atom is -0.333 e. The number of fused-ring (bicyclic) bond motifs is 1. The molecule has 0 saturated carbocycles. The van der Waals surface area contributed by atoms with Gasteiger partial charge < -0.3 is 10.3 Å². The summed E-state index contributed by atoms with van der Waals surface area (Å²) in [6, 6.07) is 9.97. The molecule has 3 N–H and O–H groups in total. The molecule has 0 aliphatic carbocycles. The third-order valence-corrected chi connectivity index (χ3v) is 5.84. The largest absolute Gasteiger partial charge is 0.344 e. The van der Waals surface area contributed by atoms with Crippen molar-refractivity contribution in [1.29, 1.82) is 0 Å². The Kier molecular flexibility index (Phi) is 5.36. The Hall–Kier alpha value is -3.47. The van der Waals surface area contributed by atoms with Gasteiger partial charge in [-0.25, -0.2) is 18.6 Å². The molecular weight excluding hydrogens is 428 g/mol. The van der Waals surface area contributed by atoms with Crippen LogP contribution in [0.3, 0.4) is 0 Å². The van der Waals surface area contributed by atoms with Gasteiger partial charge in [0, 0.05) is 12.1 Å². The molecule has 11 heteroatoms. The third-order valence-electron chi connectivity index (χ3n) is 4.97. The fourth-order valence-corrected chi connectivity index (χ4v) is 4.06. The van der Waals surface area contributed by atoms with Gasteiger partial charge in [-0.3, -0.25) is 15.0 Å².